The molecule has 1 aromatic carbocycles. The van der Waals surface area contributed by atoms with E-state index in [-0.39, 0.29) is 5.03 Å². The SMILES string of the molecule is Cc1ccc(C2=C(c3ccc(S(N)(=O)=O)nc3)CC3(CCC3)C2)cc1. The van der Waals surface area contributed by atoms with Crippen LogP contribution in [-0.2, 0) is 10.0 Å². The summed E-state index contributed by atoms with van der Waals surface area (Å²) in [6, 6.07) is 12.0. The summed E-state index contributed by atoms with van der Waals surface area (Å²) in [6.45, 7) is 2.09. The summed E-state index contributed by atoms with van der Waals surface area (Å²) in [5.74, 6) is 0. The van der Waals surface area contributed by atoms with E-state index in [0.29, 0.717) is 5.41 Å². The van der Waals surface area contributed by atoms with Gasteiger partial charge in [-0.15, -0.1) is 0 Å². The third-order valence-electron chi connectivity index (χ3n) is 5.66. The van der Waals surface area contributed by atoms with Crippen LogP contribution in [0.3, 0.4) is 0 Å². The number of nitrogens with two attached hydrogens (primary N) is 1. The molecule has 2 aromatic rings. The molecule has 1 fully saturated rings. The quantitative estimate of drug-likeness (QED) is 0.908. The Labute approximate surface area is 148 Å². The Morgan fingerprint density at radius 2 is 1.56 bits per heavy atom. The van der Waals surface area contributed by atoms with Crippen molar-refractivity contribution >= 4 is 21.2 Å². The molecule has 5 heteroatoms. The molecule has 0 bridgehead atoms. The van der Waals surface area contributed by atoms with Crippen molar-refractivity contribution in [2.75, 3.05) is 0 Å². The third-order valence-corrected chi connectivity index (χ3v) is 6.48. The lowest BCUT2D eigenvalue weighted by Crippen LogP contribution is -2.26. The molecule has 0 atom stereocenters. The Morgan fingerprint density at radius 1 is 0.960 bits per heavy atom. The summed E-state index contributed by atoms with van der Waals surface area (Å²) in [5, 5.41) is 5.09. The lowest BCUT2D eigenvalue weighted by Gasteiger charge is -2.39. The van der Waals surface area contributed by atoms with Crippen LogP contribution in [0.4, 0.5) is 0 Å². The van der Waals surface area contributed by atoms with E-state index in [1.807, 2.05) is 6.07 Å². The molecule has 0 saturated heterocycles. The molecule has 2 aliphatic carbocycles. The van der Waals surface area contributed by atoms with Crippen molar-refractivity contribution in [3.8, 4) is 0 Å². The maximum Gasteiger partial charge on any atom is 0.255 e. The fourth-order valence-electron chi connectivity index (χ4n) is 4.09. The fraction of sp³-hybridized carbons (Fsp3) is 0.350. The summed E-state index contributed by atoms with van der Waals surface area (Å²) in [7, 11) is -3.76. The van der Waals surface area contributed by atoms with Gasteiger partial charge < -0.3 is 0 Å². The lowest BCUT2D eigenvalue weighted by molar-refractivity contribution is 0.157. The summed E-state index contributed by atoms with van der Waals surface area (Å²) >= 11 is 0. The van der Waals surface area contributed by atoms with Crippen molar-refractivity contribution in [1.29, 1.82) is 0 Å². The van der Waals surface area contributed by atoms with E-state index < -0.39 is 10.0 Å². The summed E-state index contributed by atoms with van der Waals surface area (Å²) in [4.78, 5) is 4.08. The van der Waals surface area contributed by atoms with Gasteiger partial charge in [-0.2, -0.15) is 0 Å². The smallest absolute Gasteiger partial charge is 0.243 e. The van der Waals surface area contributed by atoms with Crippen LogP contribution in [0.1, 0.15) is 48.8 Å². The van der Waals surface area contributed by atoms with E-state index in [2.05, 4.69) is 36.2 Å². The van der Waals surface area contributed by atoms with Gasteiger partial charge in [0.1, 0.15) is 0 Å². The molecule has 2 N–H and O–H groups in total. The van der Waals surface area contributed by atoms with Crippen LogP contribution in [0.5, 0.6) is 0 Å². The van der Waals surface area contributed by atoms with E-state index in [4.69, 9.17) is 5.14 Å². The Morgan fingerprint density at radius 3 is 2.04 bits per heavy atom. The zero-order valence-electron chi connectivity index (χ0n) is 14.3. The number of primary sulfonamides is 1. The Balaban J connectivity index is 1.77. The molecule has 1 saturated carbocycles. The molecular weight excluding hydrogens is 332 g/mol. The first kappa shape index (κ1) is 16.5. The molecule has 0 unspecified atom stereocenters. The molecule has 4 nitrogen and oxygen atoms in total. The first-order chi connectivity index (χ1) is 11.9. The predicted molar refractivity (Wildman–Crippen MR) is 99.1 cm³/mol. The van der Waals surface area contributed by atoms with Crippen LogP contribution in [0.15, 0.2) is 47.6 Å². The van der Waals surface area contributed by atoms with Gasteiger partial charge in [-0.05, 0) is 66.4 Å². The zero-order valence-corrected chi connectivity index (χ0v) is 15.1. The highest BCUT2D eigenvalue weighted by atomic mass is 32.2. The standard InChI is InChI=1S/C20H22N2O2S/c1-14-3-5-15(6-4-14)17-11-20(9-2-10-20)12-18(17)16-7-8-19(22-13-16)25(21,23)24/h3-8,13H,2,9-12H2,1H3,(H2,21,23,24). The first-order valence-electron chi connectivity index (χ1n) is 8.65. The predicted octanol–water partition coefficient (Wildman–Crippen LogP) is 3.91. The maximum absolute atomic E-state index is 11.4. The number of sulfonamides is 1. The van der Waals surface area contributed by atoms with Gasteiger partial charge in [0, 0.05) is 6.20 Å². The molecule has 0 radical (unpaired) electrons. The molecular formula is C20H22N2O2S. The van der Waals surface area contributed by atoms with E-state index in [1.165, 1.54) is 47.6 Å². The highest BCUT2D eigenvalue weighted by Gasteiger charge is 2.43. The number of rotatable bonds is 3. The average molecular weight is 354 g/mol. The summed E-state index contributed by atoms with van der Waals surface area (Å²) in [5.41, 5.74) is 6.60. The highest BCUT2D eigenvalue weighted by Crippen LogP contribution is 2.59. The normalized spacial score (nSPS) is 19.3. The van der Waals surface area contributed by atoms with Crippen molar-refractivity contribution in [3.63, 3.8) is 0 Å². The van der Waals surface area contributed by atoms with Crippen LogP contribution in [0.2, 0.25) is 0 Å². The van der Waals surface area contributed by atoms with Crippen molar-refractivity contribution < 1.29 is 8.42 Å². The number of nitrogens with zero attached hydrogens (tertiary/aromatic N) is 1. The van der Waals surface area contributed by atoms with Crippen LogP contribution in [0.25, 0.3) is 11.1 Å². The minimum atomic E-state index is -3.76. The Bertz CT molecular complexity index is 938. The average Bonchev–Trinajstić information content (AvgIpc) is 2.96. The van der Waals surface area contributed by atoms with Crippen molar-refractivity contribution in [2.45, 2.75) is 44.1 Å². The highest BCUT2D eigenvalue weighted by molar-refractivity contribution is 7.89. The van der Waals surface area contributed by atoms with Gasteiger partial charge in [0.15, 0.2) is 5.03 Å². The van der Waals surface area contributed by atoms with Crippen LogP contribution in [-0.4, -0.2) is 13.4 Å². The summed E-state index contributed by atoms with van der Waals surface area (Å²) in [6.07, 6.45) is 7.65. The van der Waals surface area contributed by atoms with Gasteiger partial charge in [0.25, 0.3) is 10.0 Å². The largest absolute Gasteiger partial charge is 0.255 e. The molecule has 130 valence electrons. The van der Waals surface area contributed by atoms with Gasteiger partial charge in [0.2, 0.25) is 0 Å². The van der Waals surface area contributed by atoms with Crippen LogP contribution >= 0.6 is 0 Å². The van der Waals surface area contributed by atoms with E-state index in [9.17, 15) is 8.42 Å². The second-order valence-electron chi connectivity index (χ2n) is 7.46. The molecule has 4 rings (SSSR count). The molecule has 0 aliphatic heterocycles. The molecule has 0 amide bonds. The topological polar surface area (TPSA) is 73.1 Å². The van der Waals surface area contributed by atoms with Crippen LogP contribution < -0.4 is 5.14 Å². The summed E-state index contributed by atoms with van der Waals surface area (Å²) < 4.78 is 22.9. The molecule has 1 spiro atoms. The molecule has 2 aliphatic rings. The van der Waals surface area contributed by atoms with Crippen molar-refractivity contribution in [3.05, 3.63) is 59.3 Å². The minimum absolute atomic E-state index is 0.0786. The number of hydrogen-bond acceptors (Lipinski definition) is 3. The van der Waals surface area contributed by atoms with E-state index in [0.717, 1.165) is 18.4 Å². The monoisotopic (exact) mass is 354 g/mol. The minimum Gasteiger partial charge on any atom is -0.243 e. The third kappa shape index (κ3) is 3.02. The van der Waals surface area contributed by atoms with Gasteiger partial charge in [0.05, 0.1) is 0 Å². The van der Waals surface area contributed by atoms with Gasteiger partial charge in [-0.3, -0.25) is 0 Å². The lowest BCUT2D eigenvalue weighted by atomic mass is 9.66. The Kier molecular flexibility index (Phi) is 3.81. The number of allylic oxidation sites excluding steroid dienone is 2. The fourth-order valence-corrected chi connectivity index (χ4v) is 4.55. The molecule has 25 heavy (non-hydrogen) atoms. The maximum atomic E-state index is 11.4. The second-order valence-corrected chi connectivity index (χ2v) is 8.97. The first-order valence-corrected chi connectivity index (χ1v) is 10.2. The number of aromatic nitrogens is 1. The van der Waals surface area contributed by atoms with Crippen LogP contribution in [0, 0.1) is 12.3 Å². The zero-order chi connectivity index (χ0) is 17.7. The van der Waals surface area contributed by atoms with E-state index >= 15 is 0 Å². The van der Waals surface area contributed by atoms with Crippen molar-refractivity contribution in [1.82, 2.24) is 4.98 Å². The number of pyridine rings is 1. The number of aryl methyl sites for hydroxylation is 1. The van der Waals surface area contributed by atoms with Gasteiger partial charge in [-0.25, -0.2) is 18.5 Å². The number of hydrogen-bond donors (Lipinski definition) is 1. The van der Waals surface area contributed by atoms with Crippen molar-refractivity contribution in [2.24, 2.45) is 10.6 Å². The van der Waals surface area contributed by atoms with Gasteiger partial charge in [-0.1, -0.05) is 42.3 Å². The molecule has 1 aromatic heterocycles. The Hall–Kier alpha value is -1.98. The van der Waals surface area contributed by atoms with E-state index in [1.54, 1.807) is 6.20 Å². The number of benzene rings is 1. The second kappa shape index (κ2) is 5.78. The molecule has 1 heterocycles. The van der Waals surface area contributed by atoms with Gasteiger partial charge >= 0.3 is 0 Å².